The summed E-state index contributed by atoms with van der Waals surface area (Å²) in [6, 6.07) is 13.6. The van der Waals surface area contributed by atoms with Gasteiger partial charge in [0.05, 0.1) is 0 Å². The lowest BCUT2D eigenvalue weighted by molar-refractivity contribution is 0.0884. The smallest absolute Gasteiger partial charge is 0.166 e. The van der Waals surface area contributed by atoms with Crippen LogP contribution in [0.25, 0.3) is 0 Å². The van der Waals surface area contributed by atoms with Crippen LogP contribution in [0.15, 0.2) is 48.5 Å². The Kier molecular flexibility index (Phi) is 3.50. The summed E-state index contributed by atoms with van der Waals surface area (Å²) in [6.45, 7) is 0. The van der Waals surface area contributed by atoms with Gasteiger partial charge in [0.25, 0.3) is 0 Å². The van der Waals surface area contributed by atoms with E-state index in [2.05, 4.69) is 0 Å². The molecule has 0 unspecified atom stereocenters. The van der Waals surface area contributed by atoms with Crippen LogP contribution in [-0.4, -0.2) is 11.9 Å². The highest BCUT2D eigenvalue weighted by molar-refractivity contribution is 5.96. The van der Waals surface area contributed by atoms with Crippen molar-refractivity contribution < 1.29 is 13.9 Å². The van der Waals surface area contributed by atoms with Crippen LogP contribution in [0, 0.1) is 5.82 Å². The minimum Gasteiger partial charge on any atom is -0.490 e. The second-order valence-corrected chi connectivity index (χ2v) is 5.02. The van der Waals surface area contributed by atoms with Gasteiger partial charge in [-0.1, -0.05) is 18.2 Å². The highest BCUT2D eigenvalue weighted by Crippen LogP contribution is 2.28. The predicted octanol–water partition coefficient (Wildman–Crippen LogP) is 3.79. The third-order valence-electron chi connectivity index (χ3n) is 3.58. The summed E-state index contributed by atoms with van der Waals surface area (Å²) in [4.78, 5) is 12.1. The minimum absolute atomic E-state index is 0.00520. The van der Waals surface area contributed by atoms with Crippen LogP contribution in [0.5, 0.6) is 5.75 Å². The molecule has 0 aromatic heterocycles. The number of ketones is 1. The van der Waals surface area contributed by atoms with Crippen LogP contribution in [0.4, 0.5) is 4.39 Å². The van der Waals surface area contributed by atoms with Crippen LogP contribution >= 0.6 is 0 Å². The van der Waals surface area contributed by atoms with Crippen molar-refractivity contribution in [1.29, 1.82) is 0 Å². The largest absolute Gasteiger partial charge is 0.490 e. The quantitative estimate of drug-likeness (QED) is 0.793. The van der Waals surface area contributed by atoms with Gasteiger partial charge in [0.1, 0.15) is 17.7 Å². The van der Waals surface area contributed by atoms with Crippen LogP contribution in [0.3, 0.4) is 0 Å². The van der Waals surface area contributed by atoms with E-state index in [0.29, 0.717) is 12.0 Å². The fourth-order valence-electron chi connectivity index (χ4n) is 2.48. The van der Waals surface area contributed by atoms with E-state index >= 15 is 0 Å². The number of halogens is 1. The summed E-state index contributed by atoms with van der Waals surface area (Å²) in [5, 5.41) is 0. The zero-order valence-corrected chi connectivity index (χ0v) is 11.0. The molecule has 0 bridgehead atoms. The van der Waals surface area contributed by atoms with E-state index in [1.165, 1.54) is 29.8 Å². The summed E-state index contributed by atoms with van der Waals surface area (Å²) in [5.41, 5.74) is 1.73. The van der Waals surface area contributed by atoms with Gasteiger partial charge in [0.15, 0.2) is 5.78 Å². The first kappa shape index (κ1) is 12.9. The van der Waals surface area contributed by atoms with E-state index in [1.54, 1.807) is 0 Å². The number of aryl methyl sites for hydroxylation is 1. The van der Waals surface area contributed by atoms with Gasteiger partial charge < -0.3 is 4.74 Å². The zero-order valence-electron chi connectivity index (χ0n) is 11.0. The highest BCUT2D eigenvalue weighted by Gasteiger charge is 2.22. The number of hydrogen-bond acceptors (Lipinski definition) is 2. The molecule has 1 aliphatic heterocycles. The average molecular weight is 270 g/mol. The first-order chi connectivity index (χ1) is 9.72. The second-order valence-electron chi connectivity index (χ2n) is 5.02. The van der Waals surface area contributed by atoms with Crippen molar-refractivity contribution in [3.05, 3.63) is 65.5 Å². The van der Waals surface area contributed by atoms with Gasteiger partial charge in [-0.05, 0) is 48.7 Å². The predicted molar refractivity (Wildman–Crippen MR) is 74.5 cm³/mol. The van der Waals surface area contributed by atoms with Gasteiger partial charge in [0, 0.05) is 12.0 Å². The Bertz CT molecular complexity index is 619. The van der Waals surface area contributed by atoms with Gasteiger partial charge in [-0.15, -0.1) is 0 Å². The van der Waals surface area contributed by atoms with Crippen molar-refractivity contribution >= 4 is 5.78 Å². The molecule has 3 rings (SSSR count). The third-order valence-corrected chi connectivity index (χ3v) is 3.58. The molecule has 0 fully saturated rings. The van der Waals surface area contributed by atoms with Gasteiger partial charge in [-0.3, -0.25) is 4.79 Å². The number of ether oxygens (including phenoxy) is 1. The summed E-state index contributed by atoms with van der Waals surface area (Å²) in [7, 11) is 0. The number of carbonyl (C=O) groups is 1. The van der Waals surface area contributed by atoms with Crippen molar-refractivity contribution in [2.45, 2.75) is 25.4 Å². The van der Waals surface area contributed by atoms with Crippen LogP contribution in [0.2, 0.25) is 0 Å². The molecule has 0 N–H and O–H groups in total. The van der Waals surface area contributed by atoms with Crippen molar-refractivity contribution in [1.82, 2.24) is 0 Å². The van der Waals surface area contributed by atoms with Crippen LogP contribution < -0.4 is 4.74 Å². The lowest BCUT2D eigenvalue weighted by Crippen LogP contribution is -2.25. The molecular weight excluding hydrogens is 255 g/mol. The number of para-hydroxylation sites is 1. The number of rotatable bonds is 3. The monoisotopic (exact) mass is 270 g/mol. The maximum Gasteiger partial charge on any atom is 0.166 e. The molecule has 102 valence electrons. The zero-order chi connectivity index (χ0) is 13.9. The maximum absolute atomic E-state index is 12.8. The number of carbonyl (C=O) groups excluding carboxylic acids is 1. The van der Waals surface area contributed by atoms with Crippen molar-refractivity contribution in [2.75, 3.05) is 0 Å². The molecule has 2 aromatic rings. The fourth-order valence-corrected chi connectivity index (χ4v) is 2.48. The fraction of sp³-hybridized carbons (Fsp3) is 0.235. The average Bonchev–Trinajstić information content (AvgIpc) is 2.48. The number of hydrogen-bond donors (Lipinski definition) is 0. The van der Waals surface area contributed by atoms with Crippen molar-refractivity contribution in [3.8, 4) is 5.75 Å². The summed E-state index contributed by atoms with van der Waals surface area (Å²) in [6.07, 6.45) is 2.00. The molecule has 0 spiro atoms. The lowest BCUT2D eigenvalue weighted by Gasteiger charge is -2.25. The third kappa shape index (κ3) is 2.72. The van der Waals surface area contributed by atoms with Crippen LogP contribution in [-0.2, 0) is 6.42 Å². The summed E-state index contributed by atoms with van der Waals surface area (Å²) >= 11 is 0. The Hall–Kier alpha value is -2.16. The van der Waals surface area contributed by atoms with Crippen LogP contribution in [0.1, 0.15) is 28.8 Å². The first-order valence-corrected chi connectivity index (χ1v) is 6.76. The summed E-state index contributed by atoms with van der Waals surface area (Å²) in [5.74, 6) is 0.537. The molecule has 2 aromatic carbocycles. The second kappa shape index (κ2) is 5.45. The standard InChI is InChI=1S/C17H15FO2/c18-14-8-5-12(6-9-14)16(19)11-15-10-7-13-3-1-2-4-17(13)20-15/h1-6,8-9,15H,7,10-11H2/t15-/m1/s1. The van der Waals surface area contributed by atoms with Gasteiger partial charge >= 0.3 is 0 Å². The molecule has 0 amide bonds. The Balaban J connectivity index is 1.67. The first-order valence-electron chi connectivity index (χ1n) is 6.76. The van der Waals surface area contributed by atoms with E-state index in [1.807, 2.05) is 24.3 Å². The summed E-state index contributed by atoms with van der Waals surface area (Å²) < 4.78 is 18.7. The molecule has 1 heterocycles. The Labute approximate surface area is 117 Å². The molecule has 1 atom stereocenters. The van der Waals surface area contributed by atoms with Gasteiger partial charge in [-0.25, -0.2) is 4.39 Å². The molecule has 3 heteroatoms. The highest BCUT2D eigenvalue weighted by atomic mass is 19.1. The molecule has 0 radical (unpaired) electrons. The molecule has 0 aliphatic carbocycles. The number of benzene rings is 2. The van der Waals surface area contributed by atoms with Gasteiger partial charge in [-0.2, -0.15) is 0 Å². The SMILES string of the molecule is O=C(C[C@H]1CCc2ccccc2O1)c1ccc(F)cc1. The molecule has 0 saturated heterocycles. The van der Waals surface area contributed by atoms with E-state index < -0.39 is 0 Å². The number of Topliss-reactive ketones (excluding diaryl/α,β-unsaturated/α-hetero) is 1. The van der Waals surface area contributed by atoms with Gasteiger partial charge in [0.2, 0.25) is 0 Å². The normalized spacial score (nSPS) is 17.1. The van der Waals surface area contributed by atoms with Crippen molar-refractivity contribution in [2.24, 2.45) is 0 Å². The number of fused-ring (bicyclic) bond motifs is 1. The maximum atomic E-state index is 12.8. The van der Waals surface area contributed by atoms with Crippen molar-refractivity contribution in [3.63, 3.8) is 0 Å². The Morgan fingerprint density at radius 2 is 1.90 bits per heavy atom. The lowest BCUT2D eigenvalue weighted by atomic mass is 9.97. The van der Waals surface area contributed by atoms with E-state index in [0.717, 1.165) is 18.6 Å². The Morgan fingerprint density at radius 3 is 2.70 bits per heavy atom. The topological polar surface area (TPSA) is 26.3 Å². The van der Waals surface area contributed by atoms with E-state index in [9.17, 15) is 9.18 Å². The molecule has 20 heavy (non-hydrogen) atoms. The molecule has 0 saturated carbocycles. The minimum atomic E-state index is -0.329. The molecular formula is C17H15FO2. The Morgan fingerprint density at radius 1 is 1.15 bits per heavy atom. The van der Waals surface area contributed by atoms with E-state index in [4.69, 9.17) is 4.74 Å². The molecule has 1 aliphatic rings. The van der Waals surface area contributed by atoms with E-state index in [-0.39, 0.29) is 17.7 Å². The molecule has 2 nitrogen and oxygen atoms in total.